The van der Waals surface area contributed by atoms with Crippen LogP contribution in [0.2, 0.25) is 0 Å². The molecule has 0 aromatic heterocycles. The van der Waals surface area contributed by atoms with Gasteiger partial charge in [0.05, 0.1) is 6.61 Å². The first kappa shape index (κ1) is 12.0. The molecule has 2 aliphatic rings. The molecular formula is C18H19NO. The summed E-state index contributed by atoms with van der Waals surface area (Å²) < 4.78 is 5.74. The van der Waals surface area contributed by atoms with Crippen molar-refractivity contribution < 1.29 is 4.74 Å². The van der Waals surface area contributed by atoms with Crippen LogP contribution < -0.4 is 10.1 Å². The molecule has 2 aromatic carbocycles. The van der Waals surface area contributed by atoms with Crippen molar-refractivity contribution >= 4 is 0 Å². The van der Waals surface area contributed by atoms with Gasteiger partial charge in [-0.2, -0.15) is 0 Å². The van der Waals surface area contributed by atoms with Crippen molar-refractivity contribution in [3.8, 4) is 5.75 Å². The van der Waals surface area contributed by atoms with Gasteiger partial charge in [-0.05, 0) is 30.0 Å². The standard InChI is InChI=1S/C18H19NO/c1-2-6-14-12-15(11-13(14)5-1)19-17-9-10-20-18-8-4-3-7-16(17)18/h1-8,15,17,19H,9-12H2. The van der Waals surface area contributed by atoms with Gasteiger partial charge < -0.3 is 10.1 Å². The SMILES string of the molecule is c1ccc2c(c1)CC(NC1CCOc3ccccc31)C2. The highest BCUT2D eigenvalue weighted by molar-refractivity contribution is 5.38. The summed E-state index contributed by atoms with van der Waals surface area (Å²) >= 11 is 0. The van der Waals surface area contributed by atoms with Crippen molar-refractivity contribution in [3.05, 3.63) is 65.2 Å². The molecule has 4 rings (SSSR count). The average molecular weight is 265 g/mol. The predicted octanol–water partition coefficient (Wildman–Crippen LogP) is 3.27. The van der Waals surface area contributed by atoms with Gasteiger partial charge in [-0.15, -0.1) is 0 Å². The zero-order chi connectivity index (χ0) is 13.4. The smallest absolute Gasteiger partial charge is 0.124 e. The third kappa shape index (κ3) is 2.10. The minimum atomic E-state index is 0.430. The number of benzene rings is 2. The van der Waals surface area contributed by atoms with E-state index in [1.165, 1.54) is 16.7 Å². The summed E-state index contributed by atoms with van der Waals surface area (Å²) in [5, 5.41) is 3.84. The Morgan fingerprint density at radius 2 is 1.60 bits per heavy atom. The summed E-state index contributed by atoms with van der Waals surface area (Å²) in [4.78, 5) is 0. The van der Waals surface area contributed by atoms with E-state index in [-0.39, 0.29) is 0 Å². The second-order valence-electron chi connectivity index (χ2n) is 5.77. The molecule has 0 amide bonds. The van der Waals surface area contributed by atoms with Crippen LogP contribution in [0.4, 0.5) is 0 Å². The van der Waals surface area contributed by atoms with Crippen LogP contribution in [-0.4, -0.2) is 12.6 Å². The zero-order valence-corrected chi connectivity index (χ0v) is 11.5. The number of hydrogen-bond donors (Lipinski definition) is 1. The van der Waals surface area contributed by atoms with Gasteiger partial charge in [-0.3, -0.25) is 0 Å². The highest BCUT2D eigenvalue weighted by atomic mass is 16.5. The molecule has 0 radical (unpaired) electrons. The van der Waals surface area contributed by atoms with Crippen LogP contribution in [0.3, 0.4) is 0 Å². The molecule has 0 spiro atoms. The lowest BCUT2D eigenvalue weighted by atomic mass is 9.99. The van der Waals surface area contributed by atoms with Crippen LogP contribution in [0.25, 0.3) is 0 Å². The summed E-state index contributed by atoms with van der Waals surface area (Å²) in [5.74, 6) is 1.05. The third-order valence-electron chi connectivity index (χ3n) is 4.45. The van der Waals surface area contributed by atoms with Crippen LogP contribution in [-0.2, 0) is 12.8 Å². The van der Waals surface area contributed by atoms with Gasteiger partial charge >= 0.3 is 0 Å². The summed E-state index contributed by atoms with van der Waals surface area (Å²) in [5.41, 5.74) is 4.32. The fourth-order valence-electron chi connectivity index (χ4n) is 3.48. The predicted molar refractivity (Wildman–Crippen MR) is 80.1 cm³/mol. The van der Waals surface area contributed by atoms with E-state index in [4.69, 9.17) is 4.74 Å². The Kier molecular flexibility index (Phi) is 2.96. The van der Waals surface area contributed by atoms with E-state index in [9.17, 15) is 0 Å². The first-order chi connectivity index (χ1) is 9.90. The molecule has 2 heteroatoms. The van der Waals surface area contributed by atoms with Crippen molar-refractivity contribution in [2.75, 3.05) is 6.61 Å². The average Bonchev–Trinajstić information content (AvgIpc) is 2.90. The normalized spacial score (nSPS) is 21.1. The Morgan fingerprint density at radius 3 is 2.40 bits per heavy atom. The van der Waals surface area contributed by atoms with Crippen LogP contribution in [0.15, 0.2) is 48.5 Å². The van der Waals surface area contributed by atoms with Crippen molar-refractivity contribution in [2.24, 2.45) is 0 Å². The van der Waals surface area contributed by atoms with Crippen LogP contribution in [0.1, 0.15) is 29.2 Å². The Balaban J connectivity index is 1.52. The fraction of sp³-hybridized carbons (Fsp3) is 0.333. The molecule has 0 fully saturated rings. The number of rotatable bonds is 2. The summed E-state index contributed by atoms with van der Waals surface area (Å²) in [6.07, 6.45) is 3.36. The molecule has 2 nitrogen and oxygen atoms in total. The van der Waals surface area contributed by atoms with Crippen LogP contribution >= 0.6 is 0 Å². The Hall–Kier alpha value is -1.80. The van der Waals surface area contributed by atoms with Gasteiger partial charge in [0.1, 0.15) is 5.75 Å². The Labute approximate surface area is 119 Å². The molecular weight excluding hydrogens is 246 g/mol. The van der Waals surface area contributed by atoms with E-state index in [1.807, 2.05) is 6.07 Å². The van der Waals surface area contributed by atoms with Gasteiger partial charge in [0, 0.05) is 24.1 Å². The van der Waals surface area contributed by atoms with E-state index in [1.54, 1.807) is 0 Å². The highest BCUT2D eigenvalue weighted by Gasteiger charge is 2.27. The molecule has 1 heterocycles. The maximum absolute atomic E-state index is 5.74. The quantitative estimate of drug-likeness (QED) is 0.900. The minimum Gasteiger partial charge on any atom is -0.493 e. The largest absolute Gasteiger partial charge is 0.493 e. The van der Waals surface area contributed by atoms with E-state index >= 15 is 0 Å². The number of ether oxygens (including phenoxy) is 1. The van der Waals surface area contributed by atoms with Crippen molar-refractivity contribution in [1.29, 1.82) is 0 Å². The van der Waals surface area contributed by atoms with Gasteiger partial charge in [0.2, 0.25) is 0 Å². The lowest BCUT2D eigenvalue weighted by Crippen LogP contribution is -2.36. The first-order valence-electron chi connectivity index (χ1n) is 7.45. The van der Waals surface area contributed by atoms with E-state index in [0.29, 0.717) is 12.1 Å². The molecule has 1 aliphatic heterocycles. The summed E-state index contributed by atoms with van der Waals surface area (Å²) in [7, 11) is 0. The maximum atomic E-state index is 5.74. The number of fused-ring (bicyclic) bond motifs is 2. The van der Waals surface area contributed by atoms with Crippen LogP contribution in [0.5, 0.6) is 5.75 Å². The number of para-hydroxylation sites is 1. The first-order valence-corrected chi connectivity index (χ1v) is 7.45. The van der Waals surface area contributed by atoms with Gasteiger partial charge in [-0.1, -0.05) is 42.5 Å². The molecule has 1 N–H and O–H groups in total. The van der Waals surface area contributed by atoms with E-state index < -0.39 is 0 Å². The fourth-order valence-corrected chi connectivity index (χ4v) is 3.48. The van der Waals surface area contributed by atoms with Crippen molar-refractivity contribution in [2.45, 2.75) is 31.3 Å². The summed E-state index contributed by atoms with van der Waals surface area (Å²) in [6, 6.07) is 18.2. The second-order valence-corrected chi connectivity index (χ2v) is 5.77. The third-order valence-corrected chi connectivity index (χ3v) is 4.45. The molecule has 1 aliphatic carbocycles. The van der Waals surface area contributed by atoms with Gasteiger partial charge in [-0.25, -0.2) is 0 Å². The number of hydrogen-bond acceptors (Lipinski definition) is 2. The van der Waals surface area contributed by atoms with Gasteiger partial charge in [0.25, 0.3) is 0 Å². The second kappa shape index (κ2) is 4.95. The molecule has 102 valence electrons. The Bertz CT molecular complexity index is 597. The van der Waals surface area contributed by atoms with E-state index in [2.05, 4.69) is 47.8 Å². The minimum absolute atomic E-state index is 0.430. The van der Waals surface area contributed by atoms with E-state index in [0.717, 1.165) is 31.6 Å². The molecule has 20 heavy (non-hydrogen) atoms. The van der Waals surface area contributed by atoms with Crippen molar-refractivity contribution in [3.63, 3.8) is 0 Å². The molecule has 2 aromatic rings. The lowest BCUT2D eigenvalue weighted by molar-refractivity contribution is 0.244. The topological polar surface area (TPSA) is 21.3 Å². The molecule has 0 saturated heterocycles. The highest BCUT2D eigenvalue weighted by Crippen LogP contribution is 2.33. The molecule has 1 atom stereocenters. The molecule has 0 saturated carbocycles. The van der Waals surface area contributed by atoms with Gasteiger partial charge in [0.15, 0.2) is 0 Å². The monoisotopic (exact) mass is 265 g/mol. The van der Waals surface area contributed by atoms with Crippen molar-refractivity contribution in [1.82, 2.24) is 5.32 Å². The maximum Gasteiger partial charge on any atom is 0.124 e. The molecule has 1 unspecified atom stereocenters. The summed E-state index contributed by atoms with van der Waals surface area (Å²) in [6.45, 7) is 0.814. The van der Waals surface area contributed by atoms with Crippen LogP contribution in [0, 0.1) is 0 Å². The number of nitrogens with one attached hydrogen (secondary N) is 1. The lowest BCUT2D eigenvalue weighted by Gasteiger charge is -2.29. The Morgan fingerprint density at radius 1 is 0.900 bits per heavy atom. The zero-order valence-electron chi connectivity index (χ0n) is 11.5. The molecule has 0 bridgehead atoms.